The number of rotatable bonds is 3. The molecule has 0 radical (unpaired) electrons. The van der Waals surface area contributed by atoms with Crippen LogP contribution in [0.4, 0.5) is 0 Å². The zero-order valence-electron chi connectivity index (χ0n) is 9.05. The van der Waals surface area contributed by atoms with Gasteiger partial charge in [0, 0.05) is 10.5 Å². The minimum Gasteiger partial charge on any atom is -0.128 e. The smallest absolute Gasteiger partial charge is 0.0381 e. The van der Waals surface area contributed by atoms with Crippen LogP contribution in [-0.4, -0.2) is 6.26 Å². The van der Waals surface area contributed by atoms with Crippen LogP contribution in [-0.2, 0) is 12.8 Å². The summed E-state index contributed by atoms with van der Waals surface area (Å²) in [4.78, 5) is 1.22. The minimum atomic E-state index is 1.03. The van der Waals surface area contributed by atoms with Crippen molar-refractivity contribution < 1.29 is 0 Å². The Bertz CT molecular complexity index is 358. The molecular formula is C13H16S. The monoisotopic (exact) mass is 204 g/mol. The van der Waals surface area contributed by atoms with Gasteiger partial charge in [-0.3, -0.25) is 0 Å². The summed E-state index contributed by atoms with van der Waals surface area (Å²) in [5, 5.41) is 0. The van der Waals surface area contributed by atoms with Gasteiger partial charge in [-0.2, -0.15) is 0 Å². The van der Waals surface area contributed by atoms with E-state index in [0.29, 0.717) is 0 Å². The molecule has 0 atom stereocenters. The SMILES string of the molecule is C#Cc1cc(CC)c(CC)cc1SC. The molecule has 0 aliphatic carbocycles. The van der Waals surface area contributed by atoms with Crippen molar-refractivity contribution in [3.63, 3.8) is 0 Å². The predicted octanol–water partition coefficient (Wildman–Crippen LogP) is 3.51. The molecule has 0 bridgehead atoms. The normalized spacial score (nSPS) is 9.86. The first-order chi connectivity index (χ1) is 6.76. The molecule has 1 aromatic rings. The summed E-state index contributed by atoms with van der Waals surface area (Å²) in [6.45, 7) is 4.36. The Hall–Kier alpha value is -0.870. The van der Waals surface area contributed by atoms with E-state index in [1.807, 2.05) is 0 Å². The van der Waals surface area contributed by atoms with E-state index in [0.717, 1.165) is 18.4 Å². The molecule has 0 N–H and O–H groups in total. The summed E-state index contributed by atoms with van der Waals surface area (Å²) in [5.74, 6) is 2.75. The second kappa shape index (κ2) is 5.12. The van der Waals surface area contributed by atoms with Gasteiger partial charge in [-0.25, -0.2) is 0 Å². The number of benzene rings is 1. The van der Waals surface area contributed by atoms with E-state index >= 15 is 0 Å². The van der Waals surface area contributed by atoms with Crippen molar-refractivity contribution in [3.8, 4) is 12.3 Å². The third-order valence-electron chi connectivity index (χ3n) is 2.44. The lowest BCUT2D eigenvalue weighted by Gasteiger charge is -2.10. The summed E-state index contributed by atoms with van der Waals surface area (Å²) in [5.41, 5.74) is 3.85. The number of hydrogen-bond acceptors (Lipinski definition) is 1. The molecule has 0 aliphatic heterocycles. The topological polar surface area (TPSA) is 0 Å². The number of hydrogen-bond donors (Lipinski definition) is 0. The third kappa shape index (κ3) is 2.13. The van der Waals surface area contributed by atoms with Crippen LogP contribution in [0.25, 0.3) is 0 Å². The van der Waals surface area contributed by atoms with Gasteiger partial charge in [-0.1, -0.05) is 19.8 Å². The van der Waals surface area contributed by atoms with E-state index in [1.54, 1.807) is 11.8 Å². The van der Waals surface area contributed by atoms with Gasteiger partial charge >= 0.3 is 0 Å². The molecule has 0 saturated carbocycles. The Morgan fingerprint density at radius 2 is 1.79 bits per heavy atom. The van der Waals surface area contributed by atoms with Crippen molar-refractivity contribution in [1.29, 1.82) is 0 Å². The predicted molar refractivity (Wildman–Crippen MR) is 64.9 cm³/mol. The highest BCUT2D eigenvalue weighted by Gasteiger charge is 2.05. The summed E-state index contributed by atoms with van der Waals surface area (Å²) in [7, 11) is 0. The van der Waals surface area contributed by atoms with E-state index in [4.69, 9.17) is 6.42 Å². The van der Waals surface area contributed by atoms with Gasteiger partial charge in [0.25, 0.3) is 0 Å². The van der Waals surface area contributed by atoms with E-state index in [1.165, 1.54) is 16.0 Å². The molecule has 0 spiro atoms. The van der Waals surface area contributed by atoms with Crippen molar-refractivity contribution in [2.24, 2.45) is 0 Å². The van der Waals surface area contributed by atoms with E-state index in [2.05, 4.69) is 38.2 Å². The first kappa shape index (κ1) is 11.2. The molecule has 74 valence electrons. The summed E-state index contributed by atoms with van der Waals surface area (Å²) >= 11 is 1.73. The number of aryl methyl sites for hydroxylation is 2. The molecule has 0 saturated heterocycles. The largest absolute Gasteiger partial charge is 0.128 e. The van der Waals surface area contributed by atoms with Gasteiger partial charge in [0.15, 0.2) is 0 Å². The molecule has 1 aromatic carbocycles. The molecule has 0 aromatic heterocycles. The minimum absolute atomic E-state index is 1.03. The highest BCUT2D eigenvalue weighted by molar-refractivity contribution is 7.98. The quantitative estimate of drug-likeness (QED) is 0.536. The van der Waals surface area contributed by atoms with Crippen molar-refractivity contribution in [1.82, 2.24) is 0 Å². The molecule has 1 heteroatoms. The van der Waals surface area contributed by atoms with Gasteiger partial charge in [0.1, 0.15) is 0 Å². The van der Waals surface area contributed by atoms with Crippen molar-refractivity contribution >= 4 is 11.8 Å². The maximum atomic E-state index is 5.48. The summed E-state index contributed by atoms with van der Waals surface area (Å²) < 4.78 is 0. The highest BCUT2D eigenvalue weighted by atomic mass is 32.2. The fourth-order valence-electron chi connectivity index (χ4n) is 1.61. The van der Waals surface area contributed by atoms with Crippen LogP contribution < -0.4 is 0 Å². The van der Waals surface area contributed by atoms with Crippen LogP contribution in [0.1, 0.15) is 30.5 Å². The Morgan fingerprint density at radius 3 is 2.21 bits per heavy atom. The van der Waals surface area contributed by atoms with E-state index in [-0.39, 0.29) is 0 Å². The molecule has 0 unspecified atom stereocenters. The van der Waals surface area contributed by atoms with Crippen LogP contribution in [0.3, 0.4) is 0 Å². The zero-order chi connectivity index (χ0) is 10.6. The zero-order valence-corrected chi connectivity index (χ0v) is 9.87. The lowest BCUT2D eigenvalue weighted by atomic mass is 10.0. The van der Waals surface area contributed by atoms with Crippen LogP contribution in [0.5, 0.6) is 0 Å². The van der Waals surface area contributed by atoms with Crippen molar-refractivity contribution in [2.75, 3.05) is 6.26 Å². The van der Waals surface area contributed by atoms with Gasteiger partial charge in [0.05, 0.1) is 0 Å². The molecule has 0 amide bonds. The molecule has 0 aliphatic rings. The maximum absolute atomic E-state index is 5.48. The summed E-state index contributed by atoms with van der Waals surface area (Å²) in [6.07, 6.45) is 9.70. The average molecular weight is 204 g/mol. The van der Waals surface area contributed by atoms with E-state index in [9.17, 15) is 0 Å². The van der Waals surface area contributed by atoms with Crippen LogP contribution >= 0.6 is 11.8 Å². The number of terminal acetylenes is 1. The third-order valence-corrected chi connectivity index (χ3v) is 3.22. The Morgan fingerprint density at radius 1 is 1.21 bits per heavy atom. The fourth-order valence-corrected chi connectivity index (χ4v) is 2.20. The highest BCUT2D eigenvalue weighted by Crippen LogP contribution is 2.24. The van der Waals surface area contributed by atoms with Gasteiger partial charge < -0.3 is 0 Å². The Kier molecular flexibility index (Phi) is 4.10. The molecular weight excluding hydrogens is 188 g/mol. The Balaban J connectivity index is 3.30. The van der Waals surface area contributed by atoms with Crippen molar-refractivity contribution in [3.05, 3.63) is 28.8 Å². The van der Waals surface area contributed by atoms with E-state index < -0.39 is 0 Å². The molecule has 0 heterocycles. The molecule has 1 rings (SSSR count). The molecule has 14 heavy (non-hydrogen) atoms. The van der Waals surface area contributed by atoms with Crippen LogP contribution in [0.15, 0.2) is 17.0 Å². The first-order valence-corrected chi connectivity index (χ1v) is 6.15. The molecule has 0 fully saturated rings. The lowest BCUT2D eigenvalue weighted by Crippen LogP contribution is -1.94. The first-order valence-electron chi connectivity index (χ1n) is 4.93. The van der Waals surface area contributed by atoms with Crippen molar-refractivity contribution in [2.45, 2.75) is 31.6 Å². The van der Waals surface area contributed by atoms with Gasteiger partial charge in [0.2, 0.25) is 0 Å². The summed E-state index contributed by atoms with van der Waals surface area (Å²) in [6, 6.07) is 4.39. The number of thioether (sulfide) groups is 1. The van der Waals surface area contributed by atoms with Crippen LogP contribution in [0, 0.1) is 12.3 Å². The van der Waals surface area contributed by atoms with Crippen LogP contribution in [0.2, 0.25) is 0 Å². The second-order valence-electron chi connectivity index (χ2n) is 3.17. The maximum Gasteiger partial charge on any atom is 0.0381 e. The standard InChI is InChI=1S/C13H16S/c1-5-10-8-12(7-3)13(14-4)9-11(10)6-2/h3,8-9H,5-6H2,1-2,4H3. The molecule has 0 nitrogen and oxygen atoms in total. The second-order valence-corrected chi connectivity index (χ2v) is 4.02. The fraction of sp³-hybridized carbons (Fsp3) is 0.385. The average Bonchev–Trinajstić information content (AvgIpc) is 2.26. The lowest BCUT2D eigenvalue weighted by molar-refractivity contribution is 1.02. The van der Waals surface area contributed by atoms with Gasteiger partial charge in [-0.05, 0) is 42.4 Å². The van der Waals surface area contributed by atoms with Gasteiger partial charge in [-0.15, -0.1) is 18.2 Å². The Labute approximate surface area is 91.1 Å².